The SMILES string of the molecule is COC(C)C(NC(=O)COCCNC(=O)OCC1c2ccccc2-c2ccccc21)C(=O)O. The van der Waals surface area contributed by atoms with Crippen LogP contribution in [-0.4, -0.2) is 68.7 Å². The van der Waals surface area contributed by atoms with Crippen molar-refractivity contribution in [3.63, 3.8) is 0 Å². The molecule has 9 nitrogen and oxygen atoms in total. The van der Waals surface area contributed by atoms with Crippen molar-refractivity contribution in [2.45, 2.75) is 25.0 Å². The smallest absolute Gasteiger partial charge is 0.407 e. The van der Waals surface area contributed by atoms with Gasteiger partial charge in [0, 0.05) is 19.6 Å². The first-order valence-corrected chi connectivity index (χ1v) is 10.6. The predicted molar refractivity (Wildman–Crippen MR) is 120 cm³/mol. The number of benzene rings is 2. The Morgan fingerprint density at radius 1 is 1.03 bits per heavy atom. The Bertz CT molecular complexity index is 949. The molecule has 0 fully saturated rings. The van der Waals surface area contributed by atoms with Crippen LogP contribution >= 0.6 is 0 Å². The molecule has 0 heterocycles. The Morgan fingerprint density at radius 2 is 1.64 bits per heavy atom. The second-order valence-electron chi connectivity index (χ2n) is 7.63. The highest BCUT2D eigenvalue weighted by atomic mass is 16.5. The zero-order chi connectivity index (χ0) is 23.8. The van der Waals surface area contributed by atoms with E-state index in [1.165, 1.54) is 14.0 Å². The summed E-state index contributed by atoms with van der Waals surface area (Å²) >= 11 is 0. The van der Waals surface area contributed by atoms with Crippen molar-refractivity contribution in [1.82, 2.24) is 10.6 Å². The topological polar surface area (TPSA) is 123 Å². The fraction of sp³-hybridized carbons (Fsp3) is 0.375. The highest BCUT2D eigenvalue weighted by Gasteiger charge is 2.29. The molecular weight excluding hydrogens is 428 g/mol. The molecule has 3 rings (SSSR count). The Kier molecular flexibility index (Phi) is 8.39. The van der Waals surface area contributed by atoms with Crippen LogP contribution in [0.1, 0.15) is 24.0 Å². The Hall–Kier alpha value is -3.43. The van der Waals surface area contributed by atoms with Gasteiger partial charge in [0.2, 0.25) is 5.91 Å². The van der Waals surface area contributed by atoms with E-state index in [0.29, 0.717) is 0 Å². The van der Waals surface area contributed by atoms with Gasteiger partial charge < -0.3 is 30.0 Å². The second-order valence-corrected chi connectivity index (χ2v) is 7.63. The molecule has 0 saturated carbocycles. The highest BCUT2D eigenvalue weighted by molar-refractivity contribution is 5.84. The first kappa shape index (κ1) is 24.2. The van der Waals surface area contributed by atoms with Gasteiger partial charge in [0.05, 0.1) is 12.7 Å². The molecule has 3 N–H and O–H groups in total. The maximum Gasteiger partial charge on any atom is 0.407 e. The lowest BCUT2D eigenvalue weighted by atomic mass is 9.98. The number of carbonyl (C=O) groups is 3. The summed E-state index contributed by atoms with van der Waals surface area (Å²) in [6.45, 7) is 1.61. The maximum absolute atomic E-state index is 12.1. The molecule has 33 heavy (non-hydrogen) atoms. The minimum atomic E-state index is -1.20. The molecule has 2 atom stereocenters. The van der Waals surface area contributed by atoms with Crippen LogP contribution in [0.5, 0.6) is 0 Å². The highest BCUT2D eigenvalue weighted by Crippen LogP contribution is 2.44. The molecule has 1 aliphatic rings. The number of ether oxygens (including phenoxy) is 3. The number of fused-ring (bicyclic) bond motifs is 3. The summed E-state index contributed by atoms with van der Waals surface area (Å²) in [5.41, 5.74) is 4.56. The van der Waals surface area contributed by atoms with Gasteiger partial charge in [-0.1, -0.05) is 48.5 Å². The summed E-state index contributed by atoms with van der Waals surface area (Å²) in [6.07, 6.45) is -1.27. The lowest BCUT2D eigenvalue weighted by Crippen LogP contribution is -2.49. The summed E-state index contributed by atoms with van der Waals surface area (Å²) in [7, 11) is 1.36. The number of carboxylic acid groups (broad SMARTS) is 1. The predicted octanol–water partition coefficient (Wildman–Crippen LogP) is 2.15. The molecule has 0 spiro atoms. The van der Waals surface area contributed by atoms with Gasteiger partial charge in [0.25, 0.3) is 0 Å². The number of hydrogen-bond donors (Lipinski definition) is 3. The third kappa shape index (κ3) is 6.09. The third-order valence-corrected chi connectivity index (χ3v) is 5.52. The third-order valence-electron chi connectivity index (χ3n) is 5.52. The van der Waals surface area contributed by atoms with Crippen molar-refractivity contribution in [2.24, 2.45) is 0 Å². The van der Waals surface area contributed by atoms with E-state index in [4.69, 9.17) is 19.3 Å². The largest absolute Gasteiger partial charge is 0.480 e. The van der Waals surface area contributed by atoms with Crippen molar-refractivity contribution in [3.8, 4) is 11.1 Å². The molecule has 2 unspecified atom stereocenters. The number of carboxylic acids is 1. The van der Waals surface area contributed by atoms with Gasteiger partial charge in [-0.2, -0.15) is 0 Å². The summed E-state index contributed by atoms with van der Waals surface area (Å²) in [5, 5.41) is 14.1. The van der Waals surface area contributed by atoms with Gasteiger partial charge >= 0.3 is 12.1 Å². The van der Waals surface area contributed by atoms with Crippen LogP contribution in [0, 0.1) is 0 Å². The van der Waals surface area contributed by atoms with Gasteiger partial charge in [0.1, 0.15) is 13.2 Å². The molecule has 9 heteroatoms. The molecule has 0 saturated heterocycles. The van der Waals surface area contributed by atoms with E-state index in [1.54, 1.807) is 0 Å². The minimum absolute atomic E-state index is 0.0280. The number of methoxy groups -OCH3 is 1. The Balaban J connectivity index is 1.38. The van der Waals surface area contributed by atoms with Crippen molar-refractivity contribution < 1.29 is 33.7 Å². The molecular formula is C24H28N2O7. The fourth-order valence-corrected chi connectivity index (χ4v) is 3.77. The van der Waals surface area contributed by atoms with Crippen LogP contribution in [-0.2, 0) is 23.8 Å². The van der Waals surface area contributed by atoms with Crippen LogP contribution in [0.4, 0.5) is 4.79 Å². The van der Waals surface area contributed by atoms with E-state index in [-0.39, 0.29) is 32.3 Å². The normalized spacial score (nSPS) is 14.0. The molecule has 1 aliphatic carbocycles. The van der Waals surface area contributed by atoms with Crippen LogP contribution in [0.15, 0.2) is 48.5 Å². The van der Waals surface area contributed by atoms with Crippen LogP contribution in [0.2, 0.25) is 0 Å². The monoisotopic (exact) mass is 456 g/mol. The molecule has 2 aromatic rings. The Morgan fingerprint density at radius 3 is 2.21 bits per heavy atom. The molecule has 176 valence electrons. The maximum atomic E-state index is 12.1. The summed E-state index contributed by atoms with van der Waals surface area (Å²) in [5.74, 6) is -1.82. The number of amides is 2. The summed E-state index contributed by atoms with van der Waals surface area (Å²) in [6, 6.07) is 15.0. The molecule has 2 aromatic carbocycles. The second kappa shape index (κ2) is 11.4. The van der Waals surface area contributed by atoms with Crippen molar-refractivity contribution in [1.29, 1.82) is 0 Å². The zero-order valence-electron chi connectivity index (χ0n) is 18.6. The van der Waals surface area contributed by atoms with Gasteiger partial charge in [-0.05, 0) is 29.2 Å². The van der Waals surface area contributed by atoms with E-state index >= 15 is 0 Å². The quantitative estimate of drug-likeness (QED) is 0.443. The minimum Gasteiger partial charge on any atom is -0.480 e. The van der Waals surface area contributed by atoms with Crippen molar-refractivity contribution in [3.05, 3.63) is 59.7 Å². The number of rotatable bonds is 11. The summed E-state index contributed by atoms with van der Waals surface area (Å²) < 4.78 is 15.6. The van der Waals surface area contributed by atoms with Gasteiger partial charge in [0.15, 0.2) is 6.04 Å². The lowest BCUT2D eigenvalue weighted by Gasteiger charge is -2.20. The number of carbonyl (C=O) groups excluding carboxylic acids is 2. The number of alkyl carbamates (subject to hydrolysis) is 1. The average Bonchev–Trinajstić information content (AvgIpc) is 3.14. The van der Waals surface area contributed by atoms with Crippen LogP contribution < -0.4 is 10.6 Å². The summed E-state index contributed by atoms with van der Waals surface area (Å²) in [4.78, 5) is 35.1. The Labute approximate surface area is 192 Å². The van der Waals surface area contributed by atoms with E-state index in [1.807, 2.05) is 36.4 Å². The van der Waals surface area contributed by atoms with Gasteiger partial charge in [-0.25, -0.2) is 9.59 Å². The fourth-order valence-electron chi connectivity index (χ4n) is 3.77. The number of nitrogens with one attached hydrogen (secondary N) is 2. The van der Waals surface area contributed by atoms with E-state index < -0.39 is 30.1 Å². The first-order valence-electron chi connectivity index (χ1n) is 10.6. The molecule has 0 radical (unpaired) electrons. The lowest BCUT2D eigenvalue weighted by molar-refractivity contribution is -0.146. The number of aliphatic carboxylic acids is 1. The van der Waals surface area contributed by atoms with Gasteiger partial charge in [-0.3, -0.25) is 4.79 Å². The van der Waals surface area contributed by atoms with E-state index in [2.05, 4.69) is 22.8 Å². The first-order chi connectivity index (χ1) is 15.9. The molecule has 2 amide bonds. The van der Waals surface area contributed by atoms with Crippen LogP contribution in [0.3, 0.4) is 0 Å². The van der Waals surface area contributed by atoms with Crippen molar-refractivity contribution in [2.75, 3.05) is 33.5 Å². The van der Waals surface area contributed by atoms with Crippen molar-refractivity contribution >= 4 is 18.0 Å². The zero-order valence-corrected chi connectivity index (χ0v) is 18.6. The molecule has 0 aromatic heterocycles. The average molecular weight is 456 g/mol. The van der Waals surface area contributed by atoms with Crippen LogP contribution in [0.25, 0.3) is 11.1 Å². The standard InChI is InChI=1S/C24H28N2O7/c1-15(31-2)22(23(28)29)26-21(27)14-32-12-11-25-24(30)33-13-20-18-9-5-3-7-16(18)17-8-4-6-10-19(17)20/h3-10,15,20,22H,11-14H2,1-2H3,(H,25,30)(H,26,27)(H,28,29). The molecule has 0 bridgehead atoms. The molecule has 0 aliphatic heterocycles. The van der Waals surface area contributed by atoms with Gasteiger partial charge in [-0.15, -0.1) is 0 Å². The van der Waals surface area contributed by atoms with E-state index in [0.717, 1.165) is 22.3 Å². The van der Waals surface area contributed by atoms with E-state index in [9.17, 15) is 14.4 Å². The number of hydrogen-bond acceptors (Lipinski definition) is 6.